The van der Waals surface area contributed by atoms with E-state index in [0.717, 1.165) is 15.8 Å². The van der Waals surface area contributed by atoms with Crippen LogP contribution in [0, 0.1) is 0 Å². The van der Waals surface area contributed by atoms with Crippen LogP contribution in [0.2, 0.25) is 4.34 Å². The lowest BCUT2D eigenvalue weighted by molar-refractivity contribution is 0.557. The minimum Gasteiger partial charge on any atom is -0.302 e. The molecule has 0 aliphatic rings. The van der Waals surface area contributed by atoms with E-state index in [4.69, 9.17) is 11.6 Å². The van der Waals surface area contributed by atoms with Crippen LogP contribution in [-0.4, -0.2) is 20.2 Å². The highest BCUT2D eigenvalue weighted by Crippen LogP contribution is 2.26. The van der Waals surface area contributed by atoms with E-state index in [-0.39, 0.29) is 6.04 Å². The molecule has 108 valence electrons. The summed E-state index contributed by atoms with van der Waals surface area (Å²) in [4.78, 5) is 1.19. The molecule has 5 nitrogen and oxygen atoms in total. The molecule has 0 radical (unpaired) electrons. The smallest absolute Gasteiger partial charge is 0.170 e. The van der Waals surface area contributed by atoms with Crippen molar-refractivity contribution in [2.24, 2.45) is 0 Å². The summed E-state index contributed by atoms with van der Waals surface area (Å²) in [5.74, 6) is 0.774. The van der Waals surface area contributed by atoms with E-state index in [9.17, 15) is 0 Å². The summed E-state index contributed by atoms with van der Waals surface area (Å²) in [5, 5.41) is 15.3. The molecule has 2 heterocycles. The van der Waals surface area contributed by atoms with Crippen LogP contribution in [0.3, 0.4) is 0 Å². The molecule has 0 fully saturated rings. The summed E-state index contributed by atoms with van der Waals surface area (Å²) >= 11 is 7.54. The molecule has 2 aromatic heterocycles. The van der Waals surface area contributed by atoms with E-state index < -0.39 is 0 Å². The predicted octanol–water partition coefficient (Wildman–Crippen LogP) is 3.23. The fraction of sp³-hybridized carbons (Fsp3) is 0.214. The van der Waals surface area contributed by atoms with Gasteiger partial charge in [0.25, 0.3) is 0 Å². The topological polar surface area (TPSA) is 55.6 Å². The number of rotatable bonds is 5. The monoisotopic (exact) mass is 319 g/mol. The number of halogens is 1. The molecule has 0 saturated carbocycles. The van der Waals surface area contributed by atoms with Crippen LogP contribution in [0.5, 0.6) is 0 Å². The Hall–Kier alpha value is -1.76. The van der Waals surface area contributed by atoms with Gasteiger partial charge in [-0.15, -0.1) is 16.4 Å². The SMILES string of the molecule is CC(NCc1nnnn1-c1ccccc1)c1ccc(Cl)s1. The van der Waals surface area contributed by atoms with Crippen molar-refractivity contribution < 1.29 is 0 Å². The second-order valence-corrected chi connectivity index (χ2v) is 6.33. The van der Waals surface area contributed by atoms with Crippen molar-refractivity contribution in [3.63, 3.8) is 0 Å². The second kappa shape index (κ2) is 6.34. The lowest BCUT2D eigenvalue weighted by Crippen LogP contribution is -2.20. The Morgan fingerprint density at radius 3 is 2.76 bits per heavy atom. The van der Waals surface area contributed by atoms with Crippen molar-refractivity contribution in [3.8, 4) is 5.69 Å². The number of nitrogens with one attached hydrogen (secondary N) is 1. The molecule has 3 rings (SSSR count). The summed E-state index contributed by atoms with van der Waals surface area (Å²) in [6.07, 6.45) is 0. The minimum atomic E-state index is 0.198. The quantitative estimate of drug-likeness (QED) is 0.784. The molecule has 0 aliphatic carbocycles. The first-order chi connectivity index (χ1) is 10.2. The minimum absolute atomic E-state index is 0.198. The number of hydrogen-bond acceptors (Lipinski definition) is 5. The van der Waals surface area contributed by atoms with Gasteiger partial charge >= 0.3 is 0 Å². The zero-order chi connectivity index (χ0) is 14.7. The first-order valence-electron chi connectivity index (χ1n) is 6.55. The van der Waals surface area contributed by atoms with Crippen molar-refractivity contribution in [3.05, 3.63) is 57.5 Å². The molecule has 0 amide bonds. The first kappa shape index (κ1) is 14.2. The van der Waals surface area contributed by atoms with Gasteiger partial charge in [-0.05, 0) is 41.6 Å². The maximum absolute atomic E-state index is 5.96. The third-order valence-corrected chi connectivity index (χ3v) is 4.54. The molecule has 21 heavy (non-hydrogen) atoms. The van der Waals surface area contributed by atoms with Gasteiger partial charge in [-0.1, -0.05) is 29.8 Å². The van der Waals surface area contributed by atoms with Gasteiger partial charge in [-0.25, -0.2) is 0 Å². The van der Waals surface area contributed by atoms with Crippen LogP contribution in [0.4, 0.5) is 0 Å². The number of para-hydroxylation sites is 1. The number of aromatic nitrogens is 4. The molecular formula is C14H14ClN5S. The van der Waals surface area contributed by atoms with Crippen LogP contribution in [0.25, 0.3) is 5.69 Å². The lowest BCUT2D eigenvalue weighted by Gasteiger charge is -2.11. The van der Waals surface area contributed by atoms with Crippen molar-refractivity contribution in [2.45, 2.75) is 19.5 Å². The second-order valence-electron chi connectivity index (χ2n) is 4.59. The highest BCUT2D eigenvalue weighted by Gasteiger charge is 2.12. The highest BCUT2D eigenvalue weighted by atomic mass is 35.5. The summed E-state index contributed by atoms with van der Waals surface area (Å²) in [6.45, 7) is 2.68. The van der Waals surface area contributed by atoms with Crippen molar-refractivity contribution in [1.82, 2.24) is 25.5 Å². The van der Waals surface area contributed by atoms with E-state index in [1.807, 2.05) is 42.5 Å². The van der Waals surface area contributed by atoms with E-state index >= 15 is 0 Å². The number of thiophene rings is 1. The lowest BCUT2D eigenvalue weighted by atomic mass is 10.3. The molecule has 1 N–H and O–H groups in total. The zero-order valence-electron chi connectivity index (χ0n) is 11.4. The molecule has 3 aromatic rings. The molecule has 1 aromatic carbocycles. The standard InChI is InChI=1S/C14H14ClN5S/c1-10(12-7-8-13(15)21-12)16-9-14-17-18-19-20(14)11-5-3-2-4-6-11/h2-8,10,16H,9H2,1H3. The van der Waals surface area contributed by atoms with Crippen molar-refractivity contribution in [1.29, 1.82) is 0 Å². The van der Waals surface area contributed by atoms with Gasteiger partial charge in [-0.3, -0.25) is 0 Å². The Bertz CT molecular complexity index is 709. The third-order valence-electron chi connectivity index (χ3n) is 3.12. The van der Waals surface area contributed by atoms with Gasteiger partial charge in [0.05, 0.1) is 16.6 Å². The Labute approximate surface area is 131 Å². The van der Waals surface area contributed by atoms with Crippen LogP contribution in [0.1, 0.15) is 23.7 Å². The molecule has 0 bridgehead atoms. The molecule has 1 atom stereocenters. The van der Waals surface area contributed by atoms with Crippen molar-refractivity contribution >= 4 is 22.9 Å². The molecular weight excluding hydrogens is 306 g/mol. The van der Waals surface area contributed by atoms with E-state index in [2.05, 4.69) is 27.8 Å². The van der Waals surface area contributed by atoms with Gasteiger partial charge in [-0.2, -0.15) is 4.68 Å². The third kappa shape index (κ3) is 3.29. The van der Waals surface area contributed by atoms with Gasteiger partial charge in [0.1, 0.15) is 0 Å². The average Bonchev–Trinajstić information content (AvgIpc) is 3.14. The number of nitrogens with zero attached hydrogens (tertiary/aromatic N) is 4. The molecule has 0 saturated heterocycles. The molecule has 0 spiro atoms. The fourth-order valence-corrected chi connectivity index (χ4v) is 3.08. The van der Waals surface area contributed by atoms with Crippen LogP contribution < -0.4 is 5.32 Å². The average molecular weight is 320 g/mol. The summed E-state index contributed by atoms with van der Waals surface area (Å²) in [5.41, 5.74) is 0.950. The normalized spacial score (nSPS) is 12.5. The van der Waals surface area contributed by atoms with Crippen LogP contribution in [0.15, 0.2) is 42.5 Å². The van der Waals surface area contributed by atoms with E-state index in [1.165, 1.54) is 4.88 Å². The van der Waals surface area contributed by atoms with E-state index in [0.29, 0.717) is 6.54 Å². The summed E-state index contributed by atoms with van der Waals surface area (Å²) in [6, 6.07) is 14.0. The van der Waals surface area contributed by atoms with Gasteiger partial charge in [0.15, 0.2) is 5.82 Å². The van der Waals surface area contributed by atoms with Gasteiger partial charge in [0.2, 0.25) is 0 Å². The summed E-state index contributed by atoms with van der Waals surface area (Å²) < 4.78 is 2.54. The van der Waals surface area contributed by atoms with Crippen molar-refractivity contribution in [2.75, 3.05) is 0 Å². The Morgan fingerprint density at radius 1 is 1.24 bits per heavy atom. The maximum atomic E-state index is 5.96. The van der Waals surface area contributed by atoms with Gasteiger partial charge < -0.3 is 5.32 Å². The summed E-state index contributed by atoms with van der Waals surface area (Å²) in [7, 11) is 0. The number of benzene rings is 1. The largest absolute Gasteiger partial charge is 0.302 e. The molecule has 0 aliphatic heterocycles. The fourth-order valence-electron chi connectivity index (χ4n) is 1.99. The Kier molecular flexibility index (Phi) is 4.28. The van der Waals surface area contributed by atoms with Crippen LogP contribution in [-0.2, 0) is 6.54 Å². The predicted molar refractivity (Wildman–Crippen MR) is 83.7 cm³/mol. The highest BCUT2D eigenvalue weighted by molar-refractivity contribution is 7.16. The molecule has 1 unspecified atom stereocenters. The maximum Gasteiger partial charge on any atom is 0.170 e. The van der Waals surface area contributed by atoms with E-state index in [1.54, 1.807) is 16.0 Å². The van der Waals surface area contributed by atoms with Gasteiger partial charge in [0, 0.05) is 10.9 Å². The number of tetrazole rings is 1. The Morgan fingerprint density at radius 2 is 2.05 bits per heavy atom. The number of hydrogen-bond donors (Lipinski definition) is 1. The van der Waals surface area contributed by atoms with Crippen LogP contribution >= 0.6 is 22.9 Å². The Balaban J connectivity index is 1.70. The first-order valence-corrected chi connectivity index (χ1v) is 7.75. The zero-order valence-corrected chi connectivity index (χ0v) is 13.0. The molecule has 7 heteroatoms.